The van der Waals surface area contributed by atoms with Gasteiger partial charge in [-0.1, -0.05) is 33.8 Å². The molecule has 0 radical (unpaired) electrons. The first-order valence-corrected chi connectivity index (χ1v) is 6.67. The van der Waals surface area contributed by atoms with E-state index in [1.807, 2.05) is 33.8 Å². The van der Waals surface area contributed by atoms with Crippen LogP contribution in [-0.4, -0.2) is 26.2 Å². The monoisotopic (exact) mass is 278 g/mol. The van der Waals surface area contributed by atoms with Crippen LogP contribution >= 0.6 is 0 Å². The lowest BCUT2D eigenvalue weighted by atomic mass is 9.88. The number of benzene rings is 1. The van der Waals surface area contributed by atoms with Crippen LogP contribution in [0.5, 0.6) is 0 Å². The number of rotatable bonds is 4. The Labute approximate surface area is 120 Å². The van der Waals surface area contributed by atoms with E-state index in [1.54, 1.807) is 6.07 Å². The first-order chi connectivity index (χ1) is 9.33. The molecule has 1 aromatic carbocycles. The van der Waals surface area contributed by atoms with Gasteiger partial charge in [0.15, 0.2) is 0 Å². The van der Waals surface area contributed by atoms with Crippen molar-refractivity contribution in [2.24, 2.45) is 0 Å². The van der Waals surface area contributed by atoms with Crippen LogP contribution in [0.25, 0.3) is 0 Å². The Morgan fingerprint density at radius 1 is 0.900 bits per heavy atom. The summed E-state index contributed by atoms with van der Waals surface area (Å²) in [5.41, 5.74) is 2.39. The molecule has 0 spiro atoms. The lowest BCUT2D eigenvalue weighted by Crippen LogP contribution is -2.16. The van der Waals surface area contributed by atoms with Crippen molar-refractivity contribution in [3.63, 3.8) is 0 Å². The van der Waals surface area contributed by atoms with Crippen molar-refractivity contribution in [3.8, 4) is 0 Å². The van der Waals surface area contributed by atoms with Gasteiger partial charge in [0, 0.05) is 0 Å². The number of hydrogen-bond donors (Lipinski definition) is 0. The van der Waals surface area contributed by atoms with Gasteiger partial charge in [-0.05, 0) is 29.0 Å². The van der Waals surface area contributed by atoms with Crippen LogP contribution in [0.3, 0.4) is 0 Å². The molecule has 110 valence electrons. The van der Waals surface area contributed by atoms with Crippen LogP contribution in [0.15, 0.2) is 12.1 Å². The van der Waals surface area contributed by atoms with Crippen molar-refractivity contribution in [2.45, 2.75) is 39.5 Å². The number of carbonyl (C=O) groups is 2. The third-order valence-corrected chi connectivity index (χ3v) is 3.27. The Morgan fingerprint density at radius 3 is 1.85 bits per heavy atom. The van der Waals surface area contributed by atoms with Crippen LogP contribution in [0, 0.1) is 0 Å². The summed E-state index contributed by atoms with van der Waals surface area (Å²) >= 11 is 0. The maximum atomic E-state index is 12.0. The molecule has 0 saturated carbocycles. The molecule has 1 aromatic rings. The number of esters is 2. The largest absolute Gasteiger partial charge is 0.465 e. The molecular weight excluding hydrogens is 256 g/mol. The van der Waals surface area contributed by atoms with Gasteiger partial charge in [0.2, 0.25) is 0 Å². The van der Waals surface area contributed by atoms with Crippen LogP contribution in [0.1, 0.15) is 71.4 Å². The molecule has 0 aliphatic carbocycles. The Bertz CT molecular complexity index is 515. The van der Waals surface area contributed by atoms with E-state index in [1.165, 1.54) is 14.2 Å². The molecule has 20 heavy (non-hydrogen) atoms. The smallest absolute Gasteiger partial charge is 0.339 e. The van der Waals surface area contributed by atoms with Crippen LogP contribution in [0.4, 0.5) is 0 Å². The van der Waals surface area contributed by atoms with E-state index in [0.29, 0.717) is 5.56 Å². The second-order valence-electron chi connectivity index (χ2n) is 5.33. The fourth-order valence-corrected chi connectivity index (χ4v) is 2.08. The van der Waals surface area contributed by atoms with Crippen molar-refractivity contribution in [3.05, 3.63) is 34.4 Å². The van der Waals surface area contributed by atoms with E-state index in [2.05, 4.69) is 0 Å². The topological polar surface area (TPSA) is 52.6 Å². The standard InChI is InChI=1S/C16H22O4/c1-9(2)11-7-12(10(3)4)14(16(18)20-6)13(8-11)15(17)19-5/h7-10H,1-6H3. The first-order valence-electron chi connectivity index (χ1n) is 6.67. The number of ether oxygens (including phenoxy) is 2. The van der Waals surface area contributed by atoms with Crippen molar-refractivity contribution >= 4 is 11.9 Å². The molecule has 0 saturated heterocycles. The van der Waals surface area contributed by atoms with E-state index in [9.17, 15) is 9.59 Å². The molecule has 4 nitrogen and oxygen atoms in total. The highest BCUT2D eigenvalue weighted by Crippen LogP contribution is 2.29. The van der Waals surface area contributed by atoms with Crippen molar-refractivity contribution in [1.29, 1.82) is 0 Å². The van der Waals surface area contributed by atoms with E-state index in [-0.39, 0.29) is 17.4 Å². The zero-order chi connectivity index (χ0) is 15.4. The molecule has 0 amide bonds. The summed E-state index contributed by atoms with van der Waals surface area (Å²) in [7, 11) is 2.62. The third-order valence-electron chi connectivity index (χ3n) is 3.27. The number of hydrogen-bond acceptors (Lipinski definition) is 4. The summed E-state index contributed by atoms with van der Waals surface area (Å²) in [6.07, 6.45) is 0. The summed E-state index contributed by atoms with van der Waals surface area (Å²) in [6, 6.07) is 3.68. The Morgan fingerprint density at radius 2 is 1.45 bits per heavy atom. The highest BCUT2D eigenvalue weighted by molar-refractivity contribution is 6.04. The van der Waals surface area contributed by atoms with Crippen molar-refractivity contribution < 1.29 is 19.1 Å². The van der Waals surface area contributed by atoms with Gasteiger partial charge in [-0.15, -0.1) is 0 Å². The molecule has 0 unspecified atom stereocenters. The van der Waals surface area contributed by atoms with Gasteiger partial charge < -0.3 is 9.47 Å². The van der Waals surface area contributed by atoms with Crippen molar-refractivity contribution in [1.82, 2.24) is 0 Å². The Kier molecular flexibility index (Phi) is 5.31. The van der Waals surface area contributed by atoms with E-state index in [0.717, 1.165) is 11.1 Å². The van der Waals surface area contributed by atoms with E-state index >= 15 is 0 Å². The molecule has 4 heteroatoms. The Hall–Kier alpha value is -1.84. The fourth-order valence-electron chi connectivity index (χ4n) is 2.08. The molecule has 1 rings (SSSR count). The van der Waals surface area contributed by atoms with Crippen LogP contribution in [0.2, 0.25) is 0 Å². The summed E-state index contributed by atoms with van der Waals surface area (Å²) in [5, 5.41) is 0. The molecule has 0 aliphatic heterocycles. The molecule has 0 aromatic heterocycles. The number of methoxy groups -OCH3 is 2. The predicted octanol–water partition coefficient (Wildman–Crippen LogP) is 3.51. The molecule has 0 atom stereocenters. The summed E-state index contributed by atoms with van der Waals surface area (Å²) < 4.78 is 9.61. The molecule has 0 heterocycles. The molecule has 0 N–H and O–H groups in total. The van der Waals surface area contributed by atoms with Crippen LogP contribution < -0.4 is 0 Å². The quantitative estimate of drug-likeness (QED) is 0.791. The predicted molar refractivity (Wildman–Crippen MR) is 77.3 cm³/mol. The average molecular weight is 278 g/mol. The fraction of sp³-hybridized carbons (Fsp3) is 0.500. The summed E-state index contributed by atoms with van der Waals surface area (Å²) in [4.78, 5) is 24.0. The second-order valence-corrected chi connectivity index (χ2v) is 5.33. The van der Waals surface area contributed by atoms with Crippen LogP contribution in [-0.2, 0) is 9.47 Å². The third kappa shape index (κ3) is 3.18. The van der Waals surface area contributed by atoms with Gasteiger partial charge in [0.25, 0.3) is 0 Å². The summed E-state index contributed by atoms with van der Waals surface area (Å²) in [6.45, 7) is 8.04. The minimum Gasteiger partial charge on any atom is -0.465 e. The maximum Gasteiger partial charge on any atom is 0.339 e. The highest BCUT2D eigenvalue weighted by Gasteiger charge is 2.25. The molecule has 0 bridgehead atoms. The SMILES string of the molecule is COC(=O)c1cc(C(C)C)cc(C(C)C)c1C(=O)OC. The van der Waals surface area contributed by atoms with Gasteiger partial charge in [-0.3, -0.25) is 0 Å². The molecule has 0 fully saturated rings. The van der Waals surface area contributed by atoms with Crippen molar-refractivity contribution in [2.75, 3.05) is 14.2 Å². The van der Waals surface area contributed by atoms with Gasteiger partial charge in [-0.2, -0.15) is 0 Å². The lowest BCUT2D eigenvalue weighted by molar-refractivity contribution is 0.0553. The average Bonchev–Trinajstić information content (AvgIpc) is 2.43. The first kappa shape index (κ1) is 16.2. The van der Waals surface area contributed by atoms with Gasteiger partial charge in [0.05, 0.1) is 25.3 Å². The van der Waals surface area contributed by atoms with Gasteiger partial charge in [0.1, 0.15) is 0 Å². The summed E-state index contributed by atoms with van der Waals surface area (Å²) in [5.74, 6) is -0.673. The van der Waals surface area contributed by atoms with Gasteiger partial charge >= 0.3 is 11.9 Å². The van der Waals surface area contributed by atoms with Gasteiger partial charge in [-0.25, -0.2) is 9.59 Å². The minimum atomic E-state index is -0.519. The second kappa shape index (κ2) is 6.55. The zero-order valence-electron chi connectivity index (χ0n) is 12.9. The zero-order valence-corrected chi connectivity index (χ0v) is 12.9. The normalized spacial score (nSPS) is 10.8. The molecule has 0 aliphatic rings. The highest BCUT2D eigenvalue weighted by atomic mass is 16.5. The lowest BCUT2D eigenvalue weighted by Gasteiger charge is -2.18. The Balaban J connectivity index is 3.66. The maximum absolute atomic E-state index is 12.0. The van der Waals surface area contributed by atoms with E-state index in [4.69, 9.17) is 9.47 Å². The number of carbonyl (C=O) groups excluding carboxylic acids is 2. The van der Waals surface area contributed by atoms with E-state index < -0.39 is 11.9 Å². The minimum absolute atomic E-state index is 0.103. The molecular formula is C16H22O4.